The van der Waals surface area contributed by atoms with Gasteiger partial charge in [-0.2, -0.15) is 0 Å². The molecule has 1 amide bonds. The quantitative estimate of drug-likeness (QED) is 0.673. The molecule has 6 nitrogen and oxygen atoms in total. The number of rotatable bonds is 5. The van der Waals surface area contributed by atoms with Crippen molar-refractivity contribution >= 4 is 35.1 Å². The molecule has 2 aromatic heterocycles. The van der Waals surface area contributed by atoms with E-state index in [0.717, 1.165) is 11.1 Å². The van der Waals surface area contributed by atoms with Crippen LogP contribution in [0, 0.1) is 6.92 Å². The van der Waals surface area contributed by atoms with Gasteiger partial charge in [0.15, 0.2) is 0 Å². The van der Waals surface area contributed by atoms with Gasteiger partial charge in [-0.05, 0) is 37.6 Å². The minimum atomic E-state index is -0.428. The van der Waals surface area contributed by atoms with Crippen molar-refractivity contribution in [1.29, 1.82) is 0 Å². The molecule has 1 N–H and O–H groups in total. The Morgan fingerprint density at radius 3 is 2.76 bits per heavy atom. The van der Waals surface area contributed by atoms with Crippen LogP contribution in [0.4, 0.5) is 5.82 Å². The standard InChI is InChI=1S/C17H15ClN4O2S/c1-10-5-3-4-6-13(10)16-21-22-17(24-16)25-11(2)15(23)20-14-8-7-12(18)9-19-14/h3-9,11H,1-2H3,(H,19,20,23). The molecule has 3 aromatic rings. The van der Waals surface area contributed by atoms with E-state index in [0.29, 0.717) is 22.0 Å². The van der Waals surface area contributed by atoms with Crippen LogP contribution < -0.4 is 5.32 Å². The van der Waals surface area contributed by atoms with Crippen LogP contribution in [0.25, 0.3) is 11.5 Å². The fourth-order valence-corrected chi connectivity index (χ4v) is 2.86. The highest BCUT2D eigenvalue weighted by molar-refractivity contribution is 8.00. The van der Waals surface area contributed by atoms with Gasteiger partial charge in [-0.25, -0.2) is 4.98 Å². The molecule has 1 aromatic carbocycles. The van der Waals surface area contributed by atoms with Gasteiger partial charge < -0.3 is 9.73 Å². The first kappa shape index (κ1) is 17.4. The normalized spacial score (nSPS) is 12.0. The number of nitrogens with zero attached hydrogens (tertiary/aromatic N) is 3. The molecule has 0 saturated heterocycles. The lowest BCUT2D eigenvalue weighted by Gasteiger charge is -2.09. The summed E-state index contributed by atoms with van der Waals surface area (Å²) in [4.78, 5) is 16.3. The molecule has 0 saturated carbocycles. The van der Waals surface area contributed by atoms with Crippen molar-refractivity contribution < 1.29 is 9.21 Å². The molecule has 0 bridgehead atoms. The van der Waals surface area contributed by atoms with Crippen molar-refractivity contribution in [3.05, 3.63) is 53.2 Å². The Labute approximate surface area is 154 Å². The van der Waals surface area contributed by atoms with E-state index in [1.165, 1.54) is 18.0 Å². The Morgan fingerprint density at radius 1 is 1.24 bits per heavy atom. The second kappa shape index (κ2) is 7.67. The van der Waals surface area contributed by atoms with E-state index in [9.17, 15) is 4.79 Å². The van der Waals surface area contributed by atoms with Crippen LogP contribution in [-0.4, -0.2) is 26.3 Å². The number of amides is 1. The van der Waals surface area contributed by atoms with Crippen molar-refractivity contribution in [3.63, 3.8) is 0 Å². The van der Waals surface area contributed by atoms with Crippen molar-refractivity contribution in [1.82, 2.24) is 15.2 Å². The maximum Gasteiger partial charge on any atom is 0.277 e. The number of pyridine rings is 1. The van der Waals surface area contributed by atoms with Crippen LogP contribution >= 0.6 is 23.4 Å². The van der Waals surface area contributed by atoms with E-state index >= 15 is 0 Å². The van der Waals surface area contributed by atoms with E-state index in [1.807, 2.05) is 31.2 Å². The number of aryl methyl sites for hydroxylation is 1. The molecule has 3 rings (SSSR count). The number of aromatic nitrogens is 3. The van der Waals surface area contributed by atoms with Crippen LogP contribution in [0.3, 0.4) is 0 Å². The Balaban J connectivity index is 1.65. The smallest absolute Gasteiger partial charge is 0.277 e. The molecule has 0 spiro atoms. The molecule has 0 aliphatic carbocycles. The first-order valence-electron chi connectivity index (χ1n) is 7.51. The molecule has 0 aliphatic rings. The monoisotopic (exact) mass is 374 g/mol. The third-order valence-electron chi connectivity index (χ3n) is 3.41. The van der Waals surface area contributed by atoms with Gasteiger partial charge in [0, 0.05) is 11.8 Å². The highest BCUT2D eigenvalue weighted by Gasteiger charge is 2.19. The highest BCUT2D eigenvalue weighted by Crippen LogP contribution is 2.28. The predicted molar refractivity (Wildman–Crippen MR) is 97.7 cm³/mol. The lowest BCUT2D eigenvalue weighted by molar-refractivity contribution is -0.115. The first-order valence-corrected chi connectivity index (χ1v) is 8.77. The van der Waals surface area contributed by atoms with Gasteiger partial charge in [-0.15, -0.1) is 10.2 Å². The number of nitrogens with one attached hydrogen (secondary N) is 1. The number of hydrogen-bond acceptors (Lipinski definition) is 6. The summed E-state index contributed by atoms with van der Waals surface area (Å²) in [5, 5.41) is 11.2. The van der Waals surface area contributed by atoms with Crippen LogP contribution in [0.1, 0.15) is 12.5 Å². The maximum atomic E-state index is 12.2. The summed E-state index contributed by atoms with van der Waals surface area (Å²) >= 11 is 6.96. The zero-order valence-corrected chi connectivity index (χ0v) is 15.1. The lowest BCUT2D eigenvalue weighted by Crippen LogP contribution is -2.22. The van der Waals surface area contributed by atoms with E-state index in [1.54, 1.807) is 19.1 Å². The minimum absolute atomic E-state index is 0.213. The number of carbonyl (C=O) groups excluding carboxylic acids is 1. The SMILES string of the molecule is Cc1ccccc1-c1nnc(SC(C)C(=O)Nc2ccc(Cl)cn2)o1. The predicted octanol–water partition coefficient (Wildman–Crippen LogP) is 4.21. The molecule has 25 heavy (non-hydrogen) atoms. The van der Waals surface area contributed by atoms with Crippen LogP contribution in [0.5, 0.6) is 0 Å². The summed E-state index contributed by atoms with van der Waals surface area (Å²) < 4.78 is 5.66. The number of halogens is 1. The van der Waals surface area contributed by atoms with E-state index in [2.05, 4.69) is 20.5 Å². The third kappa shape index (κ3) is 4.37. The van der Waals surface area contributed by atoms with Gasteiger partial charge in [0.2, 0.25) is 11.8 Å². The van der Waals surface area contributed by atoms with E-state index < -0.39 is 5.25 Å². The molecule has 2 heterocycles. The number of hydrogen-bond donors (Lipinski definition) is 1. The minimum Gasteiger partial charge on any atom is -0.411 e. The summed E-state index contributed by atoms with van der Waals surface area (Å²) in [6, 6.07) is 11.0. The van der Waals surface area contributed by atoms with Crippen molar-refractivity contribution in [2.45, 2.75) is 24.3 Å². The van der Waals surface area contributed by atoms with E-state index in [4.69, 9.17) is 16.0 Å². The molecular weight excluding hydrogens is 360 g/mol. The molecule has 1 atom stereocenters. The average molecular weight is 375 g/mol. The third-order valence-corrected chi connectivity index (χ3v) is 4.57. The zero-order chi connectivity index (χ0) is 17.8. The zero-order valence-electron chi connectivity index (χ0n) is 13.6. The summed E-state index contributed by atoms with van der Waals surface area (Å²) in [5.41, 5.74) is 1.92. The summed E-state index contributed by atoms with van der Waals surface area (Å²) in [7, 11) is 0. The largest absolute Gasteiger partial charge is 0.411 e. The first-order chi connectivity index (χ1) is 12.0. The van der Waals surface area contributed by atoms with Gasteiger partial charge in [-0.3, -0.25) is 4.79 Å². The van der Waals surface area contributed by atoms with Crippen LogP contribution in [0.15, 0.2) is 52.2 Å². The van der Waals surface area contributed by atoms with Gasteiger partial charge in [0.1, 0.15) is 5.82 Å². The molecule has 8 heteroatoms. The number of benzene rings is 1. The average Bonchev–Trinajstić information content (AvgIpc) is 3.05. The molecular formula is C17H15ClN4O2S. The van der Waals surface area contributed by atoms with E-state index in [-0.39, 0.29) is 5.91 Å². The van der Waals surface area contributed by atoms with Gasteiger partial charge in [0.05, 0.1) is 10.3 Å². The summed E-state index contributed by atoms with van der Waals surface area (Å²) in [6.45, 7) is 3.73. The molecule has 0 aliphatic heterocycles. The van der Waals surface area contributed by atoms with Crippen molar-refractivity contribution in [2.24, 2.45) is 0 Å². The van der Waals surface area contributed by atoms with Crippen molar-refractivity contribution in [2.75, 3.05) is 5.32 Å². The second-order valence-electron chi connectivity index (χ2n) is 5.30. The molecule has 128 valence electrons. The number of anilines is 1. The van der Waals surface area contributed by atoms with Gasteiger partial charge >= 0.3 is 0 Å². The molecule has 0 fully saturated rings. The Bertz CT molecular complexity index is 882. The van der Waals surface area contributed by atoms with Gasteiger partial charge in [-0.1, -0.05) is 41.6 Å². The Kier molecular flexibility index (Phi) is 5.35. The summed E-state index contributed by atoms with van der Waals surface area (Å²) in [6.07, 6.45) is 1.47. The molecule has 0 radical (unpaired) electrons. The van der Waals surface area contributed by atoms with Crippen molar-refractivity contribution in [3.8, 4) is 11.5 Å². The summed E-state index contributed by atoms with van der Waals surface area (Å²) in [5.74, 6) is 0.663. The Hall–Kier alpha value is -2.38. The topological polar surface area (TPSA) is 80.9 Å². The fourth-order valence-electron chi connectivity index (χ4n) is 2.06. The fraction of sp³-hybridized carbons (Fsp3) is 0.176. The van der Waals surface area contributed by atoms with Crippen LogP contribution in [0.2, 0.25) is 5.02 Å². The van der Waals surface area contributed by atoms with Crippen LogP contribution in [-0.2, 0) is 4.79 Å². The number of carbonyl (C=O) groups is 1. The second-order valence-corrected chi connectivity index (χ2v) is 7.03. The number of thioether (sulfide) groups is 1. The lowest BCUT2D eigenvalue weighted by atomic mass is 10.1. The Morgan fingerprint density at radius 2 is 2.04 bits per heavy atom. The van der Waals surface area contributed by atoms with Gasteiger partial charge in [0.25, 0.3) is 5.22 Å². The maximum absolute atomic E-state index is 12.2. The molecule has 1 unspecified atom stereocenters. The highest BCUT2D eigenvalue weighted by atomic mass is 35.5.